The zero-order valence-electron chi connectivity index (χ0n) is 16.2. The predicted octanol–water partition coefficient (Wildman–Crippen LogP) is 2.51. The summed E-state index contributed by atoms with van der Waals surface area (Å²) in [7, 11) is 0. The van der Waals surface area contributed by atoms with E-state index in [1.165, 1.54) is 25.1 Å². The van der Waals surface area contributed by atoms with Crippen LogP contribution < -0.4 is 10.6 Å². The summed E-state index contributed by atoms with van der Waals surface area (Å²) in [6.07, 6.45) is 0. The second-order valence-corrected chi connectivity index (χ2v) is 6.41. The average molecular weight is 399 g/mol. The van der Waals surface area contributed by atoms with Crippen molar-refractivity contribution in [3.05, 3.63) is 69.3 Å². The zero-order chi connectivity index (χ0) is 21.6. The number of non-ortho nitro benzene ring substituents is 1. The number of anilines is 1. The lowest BCUT2D eigenvalue weighted by Crippen LogP contribution is -2.40. The third kappa shape index (κ3) is 5.86. The first-order chi connectivity index (χ1) is 13.7. The Morgan fingerprint density at radius 3 is 2.52 bits per heavy atom. The van der Waals surface area contributed by atoms with Crippen LogP contribution in [-0.2, 0) is 14.3 Å². The number of rotatable bonds is 7. The van der Waals surface area contributed by atoms with E-state index < -0.39 is 35.4 Å². The van der Waals surface area contributed by atoms with E-state index in [-0.39, 0.29) is 11.3 Å². The highest BCUT2D eigenvalue weighted by Gasteiger charge is 2.20. The Balaban J connectivity index is 1.88. The van der Waals surface area contributed by atoms with Crippen LogP contribution in [0.15, 0.2) is 42.5 Å². The Morgan fingerprint density at radius 1 is 1.14 bits per heavy atom. The molecule has 0 fully saturated rings. The summed E-state index contributed by atoms with van der Waals surface area (Å²) in [6, 6.07) is 9.52. The standard InChI is InChI=1S/C20H21N3O6/c1-12-6-4-9-17(13(12)2)22-18(24)11-29-20(26)14(3)21-19(25)15-7-5-8-16(10-15)23(27)28/h4-10,14H,11H2,1-3H3,(H,21,25)(H,22,24)/t14-/m0/s1. The first-order valence-electron chi connectivity index (χ1n) is 8.77. The summed E-state index contributed by atoms with van der Waals surface area (Å²) in [5.41, 5.74) is 2.34. The molecule has 0 heterocycles. The van der Waals surface area contributed by atoms with Crippen LogP contribution in [0.2, 0.25) is 0 Å². The van der Waals surface area contributed by atoms with Gasteiger partial charge in [-0.05, 0) is 44.0 Å². The summed E-state index contributed by atoms with van der Waals surface area (Å²) < 4.78 is 4.93. The van der Waals surface area contributed by atoms with E-state index in [4.69, 9.17) is 4.74 Å². The van der Waals surface area contributed by atoms with E-state index in [9.17, 15) is 24.5 Å². The molecule has 1 atom stereocenters. The van der Waals surface area contributed by atoms with Crippen molar-refractivity contribution in [2.75, 3.05) is 11.9 Å². The van der Waals surface area contributed by atoms with Crippen molar-refractivity contribution in [3.63, 3.8) is 0 Å². The van der Waals surface area contributed by atoms with Crippen LogP contribution in [-0.4, -0.2) is 35.4 Å². The van der Waals surface area contributed by atoms with Crippen molar-refractivity contribution in [1.29, 1.82) is 0 Å². The van der Waals surface area contributed by atoms with Gasteiger partial charge in [-0.1, -0.05) is 18.2 Å². The number of carbonyl (C=O) groups excluding carboxylic acids is 3. The van der Waals surface area contributed by atoms with E-state index >= 15 is 0 Å². The molecule has 0 aliphatic rings. The number of nitro groups is 1. The van der Waals surface area contributed by atoms with Crippen LogP contribution in [0.4, 0.5) is 11.4 Å². The monoisotopic (exact) mass is 399 g/mol. The second-order valence-electron chi connectivity index (χ2n) is 6.41. The van der Waals surface area contributed by atoms with Crippen molar-refractivity contribution in [2.24, 2.45) is 0 Å². The molecule has 0 aliphatic carbocycles. The molecule has 0 radical (unpaired) electrons. The minimum atomic E-state index is -1.05. The van der Waals surface area contributed by atoms with Crippen LogP contribution in [0.1, 0.15) is 28.4 Å². The maximum atomic E-state index is 12.2. The summed E-state index contributed by atoms with van der Waals surface area (Å²) in [4.78, 5) is 46.4. The smallest absolute Gasteiger partial charge is 0.328 e. The number of hydrogen-bond donors (Lipinski definition) is 2. The Morgan fingerprint density at radius 2 is 1.83 bits per heavy atom. The van der Waals surface area contributed by atoms with Crippen molar-refractivity contribution in [1.82, 2.24) is 5.32 Å². The maximum absolute atomic E-state index is 12.2. The van der Waals surface area contributed by atoms with Gasteiger partial charge < -0.3 is 15.4 Å². The molecule has 2 aromatic carbocycles. The molecule has 2 rings (SSSR count). The third-order valence-electron chi connectivity index (χ3n) is 4.24. The summed E-state index contributed by atoms with van der Waals surface area (Å²) in [6.45, 7) is 4.66. The molecule has 2 aromatic rings. The number of nitrogens with zero attached hydrogens (tertiary/aromatic N) is 1. The van der Waals surface area contributed by atoms with Crippen LogP contribution in [0.25, 0.3) is 0 Å². The summed E-state index contributed by atoms with van der Waals surface area (Å²) >= 11 is 0. The van der Waals surface area contributed by atoms with E-state index in [0.717, 1.165) is 17.2 Å². The fraction of sp³-hybridized carbons (Fsp3) is 0.250. The fourth-order valence-electron chi connectivity index (χ4n) is 2.43. The van der Waals surface area contributed by atoms with Crippen LogP contribution in [0.5, 0.6) is 0 Å². The van der Waals surface area contributed by atoms with Gasteiger partial charge in [-0.25, -0.2) is 4.79 Å². The fourth-order valence-corrected chi connectivity index (χ4v) is 2.43. The highest BCUT2D eigenvalue weighted by molar-refractivity contribution is 5.98. The van der Waals surface area contributed by atoms with Crippen molar-refractivity contribution >= 4 is 29.2 Å². The molecule has 0 saturated heterocycles. The van der Waals surface area contributed by atoms with Crippen molar-refractivity contribution in [3.8, 4) is 0 Å². The quantitative estimate of drug-likeness (QED) is 0.418. The lowest BCUT2D eigenvalue weighted by Gasteiger charge is -2.14. The molecule has 9 nitrogen and oxygen atoms in total. The number of carbonyl (C=O) groups is 3. The van der Waals surface area contributed by atoms with E-state index in [1.807, 2.05) is 19.9 Å². The number of esters is 1. The first kappa shape index (κ1) is 21.5. The van der Waals surface area contributed by atoms with Gasteiger partial charge in [-0.2, -0.15) is 0 Å². The van der Waals surface area contributed by atoms with Crippen LogP contribution >= 0.6 is 0 Å². The van der Waals surface area contributed by atoms with Gasteiger partial charge in [-0.3, -0.25) is 19.7 Å². The minimum Gasteiger partial charge on any atom is -0.454 e. The second kappa shape index (κ2) is 9.45. The SMILES string of the molecule is Cc1cccc(NC(=O)COC(=O)[C@H](C)NC(=O)c2cccc([N+](=O)[O-])c2)c1C. The van der Waals surface area contributed by atoms with Crippen LogP contribution in [0.3, 0.4) is 0 Å². The molecule has 152 valence electrons. The van der Waals surface area contributed by atoms with Gasteiger partial charge in [0.2, 0.25) is 0 Å². The van der Waals surface area contributed by atoms with E-state index in [0.29, 0.717) is 5.69 Å². The highest BCUT2D eigenvalue weighted by Crippen LogP contribution is 2.17. The molecule has 2 amide bonds. The molecular formula is C20H21N3O6. The largest absolute Gasteiger partial charge is 0.454 e. The Bertz CT molecular complexity index is 957. The number of ether oxygens (including phenoxy) is 1. The zero-order valence-corrected chi connectivity index (χ0v) is 16.2. The number of nitro benzene ring substituents is 1. The number of aryl methyl sites for hydroxylation is 1. The molecule has 0 unspecified atom stereocenters. The number of amides is 2. The third-order valence-corrected chi connectivity index (χ3v) is 4.24. The Hall–Kier alpha value is -3.75. The molecule has 0 saturated carbocycles. The number of benzene rings is 2. The lowest BCUT2D eigenvalue weighted by atomic mass is 10.1. The van der Waals surface area contributed by atoms with Gasteiger partial charge in [0.1, 0.15) is 6.04 Å². The molecule has 2 N–H and O–H groups in total. The molecular weight excluding hydrogens is 378 g/mol. The molecule has 0 spiro atoms. The van der Waals surface area contributed by atoms with E-state index in [2.05, 4.69) is 10.6 Å². The topological polar surface area (TPSA) is 128 Å². The van der Waals surface area contributed by atoms with Crippen molar-refractivity contribution in [2.45, 2.75) is 26.8 Å². The molecule has 0 bridgehead atoms. The van der Waals surface area contributed by atoms with Gasteiger partial charge in [0, 0.05) is 23.4 Å². The highest BCUT2D eigenvalue weighted by atomic mass is 16.6. The normalized spacial score (nSPS) is 11.3. The van der Waals surface area contributed by atoms with Gasteiger partial charge in [0.25, 0.3) is 17.5 Å². The van der Waals surface area contributed by atoms with Crippen molar-refractivity contribution < 1.29 is 24.0 Å². The first-order valence-corrected chi connectivity index (χ1v) is 8.77. The van der Waals surface area contributed by atoms with Gasteiger partial charge in [-0.15, -0.1) is 0 Å². The average Bonchev–Trinajstić information content (AvgIpc) is 2.69. The van der Waals surface area contributed by atoms with Gasteiger partial charge in [0.05, 0.1) is 4.92 Å². The summed E-state index contributed by atoms with van der Waals surface area (Å²) in [5.74, 6) is -1.98. The Kier molecular flexibility index (Phi) is 7.02. The molecule has 0 aromatic heterocycles. The van der Waals surface area contributed by atoms with Gasteiger partial charge >= 0.3 is 5.97 Å². The number of nitrogens with one attached hydrogen (secondary N) is 2. The lowest BCUT2D eigenvalue weighted by molar-refractivity contribution is -0.384. The minimum absolute atomic E-state index is 0.0338. The van der Waals surface area contributed by atoms with Gasteiger partial charge in [0.15, 0.2) is 6.61 Å². The number of hydrogen-bond acceptors (Lipinski definition) is 6. The molecule has 29 heavy (non-hydrogen) atoms. The maximum Gasteiger partial charge on any atom is 0.328 e. The van der Waals surface area contributed by atoms with Crippen LogP contribution in [0, 0.1) is 24.0 Å². The molecule has 9 heteroatoms. The van der Waals surface area contributed by atoms with E-state index in [1.54, 1.807) is 12.1 Å². The molecule has 0 aliphatic heterocycles. The predicted molar refractivity (Wildman–Crippen MR) is 106 cm³/mol. The summed E-state index contributed by atoms with van der Waals surface area (Å²) in [5, 5.41) is 15.8. The Labute approximate surface area is 167 Å².